The largest absolute Gasteiger partial charge is 0.377 e. The van der Waals surface area contributed by atoms with Crippen LogP contribution in [0.5, 0.6) is 0 Å². The van der Waals surface area contributed by atoms with Crippen molar-refractivity contribution in [3.8, 4) is 0 Å². The van der Waals surface area contributed by atoms with Gasteiger partial charge in [0.15, 0.2) is 0 Å². The third-order valence-electron chi connectivity index (χ3n) is 5.39. The van der Waals surface area contributed by atoms with Crippen LogP contribution in [0.4, 0.5) is 0 Å². The number of thioether (sulfide) groups is 1. The molecule has 1 rings (SSSR count). The molecule has 3 atom stereocenters. The fraction of sp³-hybridized carbons (Fsp3) is 0.727. The molecule has 0 aromatic heterocycles. The third kappa shape index (κ3) is 11.6. The number of likely N-dealkylation sites (tertiary alicyclic amines) is 1. The van der Waals surface area contributed by atoms with Crippen LogP contribution in [0.15, 0.2) is 0 Å². The van der Waals surface area contributed by atoms with Crippen molar-refractivity contribution in [1.29, 1.82) is 0 Å². The van der Waals surface area contributed by atoms with E-state index in [0.29, 0.717) is 0 Å². The third-order valence-corrected chi connectivity index (χ3v) is 6.33. The molecule has 0 spiro atoms. The first-order valence-corrected chi connectivity index (χ1v) is 13.0. The molecule has 0 bridgehead atoms. The zero-order valence-electron chi connectivity index (χ0n) is 21.4. The predicted octanol–water partition coefficient (Wildman–Crippen LogP) is -2.78. The van der Waals surface area contributed by atoms with Crippen molar-refractivity contribution in [1.82, 2.24) is 20.4 Å². The number of imide groups is 1. The highest BCUT2D eigenvalue weighted by Gasteiger charge is 2.37. The highest BCUT2D eigenvalue weighted by molar-refractivity contribution is 8.00. The van der Waals surface area contributed by atoms with Crippen molar-refractivity contribution in [2.24, 2.45) is 5.73 Å². The van der Waals surface area contributed by atoms with Gasteiger partial charge in [-0.1, -0.05) is 0 Å². The van der Waals surface area contributed by atoms with Crippen LogP contribution in [-0.2, 0) is 38.2 Å². The van der Waals surface area contributed by atoms with Gasteiger partial charge in [-0.2, -0.15) is 11.8 Å². The lowest BCUT2D eigenvalue weighted by molar-refractivity contribution is -0.145. The molecule has 0 aliphatic carbocycles. The minimum absolute atomic E-state index is 0.00511. The molecule has 0 aromatic rings. The number of likely N-dealkylation sites (N-methyl/N-ethyl adjacent to an activating group) is 1. The Balaban J connectivity index is 2.22. The second kappa shape index (κ2) is 17.0. The van der Waals surface area contributed by atoms with E-state index in [4.69, 9.17) is 15.2 Å². The zero-order chi connectivity index (χ0) is 28.0. The number of hydrogen-bond donors (Lipinski definition) is 4. The fourth-order valence-electron chi connectivity index (χ4n) is 3.29. The van der Waals surface area contributed by atoms with Gasteiger partial charge in [0.05, 0.1) is 25.1 Å². The second-order valence-corrected chi connectivity index (χ2v) is 9.30. The van der Waals surface area contributed by atoms with E-state index in [1.165, 1.54) is 25.7 Å². The van der Waals surface area contributed by atoms with Crippen LogP contribution in [0.3, 0.4) is 0 Å². The van der Waals surface area contributed by atoms with Crippen molar-refractivity contribution < 1.29 is 43.3 Å². The molecular weight excluding hydrogens is 510 g/mol. The van der Waals surface area contributed by atoms with Gasteiger partial charge < -0.3 is 35.8 Å². The fourth-order valence-corrected chi connectivity index (χ4v) is 3.93. The Morgan fingerprint density at radius 2 is 1.89 bits per heavy atom. The Morgan fingerprint density at radius 1 is 1.22 bits per heavy atom. The number of rotatable bonds is 18. The Bertz CT molecular complexity index is 828. The van der Waals surface area contributed by atoms with Gasteiger partial charge in [0.25, 0.3) is 0 Å². The molecule has 5 amide bonds. The molecule has 1 aliphatic heterocycles. The lowest BCUT2D eigenvalue weighted by Crippen LogP contribution is -2.53. The molecule has 0 radical (unpaired) electrons. The molecule has 1 fully saturated rings. The SMILES string of the molecule is CSC1CC(=O)N(CCC(=O)NCCOCCOCC(=O)N(C)C(CC(C)=O)C(=O)NC(O)CN)C1=O. The van der Waals surface area contributed by atoms with Gasteiger partial charge in [-0.15, -0.1) is 0 Å². The maximum Gasteiger partial charge on any atom is 0.249 e. The highest BCUT2D eigenvalue weighted by atomic mass is 32.2. The number of ether oxygens (including phenoxy) is 2. The molecule has 1 aliphatic rings. The number of Topliss-reactive ketones (excluding diaryl/α,β-unsaturated/α-hetero) is 1. The van der Waals surface area contributed by atoms with Crippen molar-refractivity contribution in [2.45, 2.75) is 43.7 Å². The molecule has 0 saturated carbocycles. The summed E-state index contributed by atoms with van der Waals surface area (Å²) in [6.45, 7) is 1.35. The van der Waals surface area contributed by atoms with E-state index < -0.39 is 24.1 Å². The van der Waals surface area contributed by atoms with E-state index in [-0.39, 0.29) is 94.1 Å². The lowest BCUT2D eigenvalue weighted by Gasteiger charge is -2.27. The molecule has 5 N–H and O–H groups in total. The maximum absolute atomic E-state index is 12.4. The Morgan fingerprint density at radius 3 is 2.49 bits per heavy atom. The Hall–Kier alpha value is -2.59. The van der Waals surface area contributed by atoms with Crippen molar-refractivity contribution in [2.75, 3.05) is 59.4 Å². The molecular formula is C22H37N5O9S. The number of carbonyl (C=O) groups excluding carboxylic acids is 6. The van der Waals surface area contributed by atoms with Crippen LogP contribution in [0, 0.1) is 0 Å². The maximum atomic E-state index is 12.4. The molecule has 1 heterocycles. The van der Waals surface area contributed by atoms with Gasteiger partial charge in [0.1, 0.15) is 24.7 Å². The molecule has 3 unspecified atom stereocenters. The number of aliphatic hydroxyl groups excluding tert-OH is 1. The van der Waals surface area contributed by atoms with Crippen molar-refractivity contribution >= 4 is 47.1 Å². The number of ketones is 1. The van der Waals surface area contributed by atoms with Gasteiger partial charge in [0.2, 0.25) is 29.5 Å². The summed E-state index contributed by atoms with van der Waals surface area (Å²) < 4.78 is 10.6. The number of aliphatic hydroxyl groups is 1. The number of hydrogen-bond acceptors (Lipinski definition) is 11. The summed E-state index contributed by atoms with van der Waals surface area (Å²) in [7, 11) is 1.35. The quantitative estimate of drug-likeness (QED) is 0.0786. The van der Waals surface area contributed by atoms with E-state index in [0.717, 1.165) is 9.80 Å². The summed E-state index contributed by atoms with van der Waals surface area (Å²) in [5, 5.41) is 14.0. The Labute approximate surface area is 219 Å². The first kappa shape index (κ1) is 32.4. The first-order chi connectivity index (χ1) is 17.5. The summed E-state index contributed by atoms with van der Waals surface area (Å²) in [6, 6.07) is -1.12. The average Bonchev–Trinajstić information content (AvgIpc) is 3.13. The van der Waals surface area contributed by atoms with Crippen LogP contribution in [0.2, 0.25) is 0 Å². The first-order valence-electron chi connectivity index (χ1n) is 11.7. The second-order valence-electron chi connectivity index (χ2n) is 8.26. The van der Waals surface area contributed by atoms with Gasteiger partial charge >= 0.3 is 0 Å². The summed E-state index contributed by atoms with van der Waals surface area (Å²) in [6.07, 6.45) is 0.397. The number of nitrogens with zero attached hydrogens (tertiary/aromatic N) is 2. The van der Waals surface area contributed by atoms with Crippen molar-refractivity contribution in [3.05, 3.63) is 0 Å². The van der Waals surface area contributed by atoms with E-state index in [1.807, 2.05) is 0 Å². The zero-order valence-corrected chi connectivity index (χ0v) is 22.2. The standard InChI is InChI=1S/C22H37N5O9S/c1-14(28)10-15(21(33)25-18(30)12-23)26(2)20(32)13-36-9-8-35-7-5-24-17(29)4-6-27-19(31)11-16(37-3)22(27)34/h15-16,18,30H,4-13,23H2,1-3H3,(H,24,29)(H,25,33). The van der Waals surface area contributed by atoms with E-state index in [1.54, 1.807) is 6.26 Å². The van der Waals surface area contributed by atoms with Gasteiger partial charge in [0, 0.05) is 45.9 Å². The Kier molecular flexibility index (Phi) is 14.9. The van der Waals surface area contributed by atoms with Crippen LogP contribution in [-0.4, -0.2) is 127 Å². The number of nitrogens with two attached hydrogens (primary N) is 1. The van der Waals surface area contributed by atoms with Crippen LogP contribution >= 0.6 is 11.8 Å². The summed E-state index contributed by atoms with van der Waals surface area (Å²) in [5.74, 6) is -2.42. The summed E-state index contributed by atoms with van der Waals surface area (Å²) >= 11 is 1.32. The summed E-state index contributed by atoms with van der Waals surface area (Å²) in [5.41, 5.74) is 5.26. The molecule has 1 saturated heterocycles. The molecule has 37 heavy (non-hydrogen) atoms. The van der Waals surface area contributed by atoms with E-state index in [2.05, 4.69) is 10.6 Å². The van der Waals surface area contributed by atoms with E-state index in [9.17, 15) is 33.9 Å². The van der Waals surface area contributed by atoms with Gasteiger partial charge in [-0.25, -0.2) is 0 Å². The highest BCUT2D eigenvalue weighted by Crippen LogP contribution is 2.22. The van der Waals surface area contributed by atoms with Gasteiger partial charge in [-0.05, 0) is 13.2 Å². The molecule has 0 aromatic carbocycles. The monoisotopic (exact) mass is 547 g/mol. The number of nitrogens with one attached hydrogen (secondary N) is 2. The number of amides is 5. The lowest BCUT2D eigenvalue weighted by atomic mass is 10.1. The average molecular weight is 548 g/mol. The van der Waals surface area contributed by atoms with Crippen LogP contribution in [0.25, 0.3) is 0 Å². The smallest absolute Gasteiger partial charge is 0.249 e. The molecule has 15 heteroatoms. The topological polar surface area (TPSA) is 198 Å². The predicted molar refractivity (Wildman–Crippen MR) is 133 cm³/mol. The van der Waals surface area contributed by atoms with Crippen molar-refractivity contribution in [3.63, 3.8) is 0 Å². The molecule has 14 nitrogen and oxygen atoms in total. The van der Waals surface area contributed by atoms with Crippen LogP contribution < -0.4 is 16.4 Å². The minimum Gasteiger partial charge on any atom is -0.377 e. The van der Waals surface area contributed by atoms with Crippen LogP contribution in [0.1, 0.15) is 26.2 Å². The van der Waals surface area contributed by atoms with E-state index >= 15 is 0 Å². The summed E-state index contributed by atoms with van der Waals surface area (Å²) in [4.78, 5) is 74.1. The number of carbonyl (C=O) groups is 6. The molecule has 210 valence electrons. The normalized spacial score (nSPS) is 16.9. The minimum atomic E-state index is -1.30. The van der Waals surface area contributed by atoms with Gasteiger partial charge in [-0.3, -0.25) is 33.7 Å².